The average Bonchev–Trinajstić information content (AvgIpc) is 3.19. The molecule has 1 aromatic carbocycles. The van der Waals surface area contributed by atoms with Crippen LogP contribution in [0.2, 0.25) is 0 Å². The highest BCUT2D eigenvalue weighted by Crippen LogP contribution is 2.39. The van der Waals surface area contributed by atoms with Crippen molar-refractivity contribution in [2.45, 2.75) is 24.3 Å². The molecule has 2 aliphatic heterocycles. The monoisotopic (exact) mass is 400 g/mol. The zero-order valence-electron chi connectivity index (χ0n) is 12.8. The Bertz CT molecular complexity index is 566. The summed E-state index contributed by atoms with van der Waals surface area (Å²) in [6.07, 6.45) is 2.56. The molecule has 0 amide bonds. The number of aliphatic carboxylic acids is 1. The molecule has 0 radical (unpaired) electrons. The van der Waals surface area contributed by atoms with Crippen molar-refractivity contribution >= 4 is 33.7 Å². The zero-order valence-corrected chi connectivity index (χ0v) is 15.2. The fourth-order valence-corrected chi connectivity index (χ4v) is 4.57. The van der Waals surface area contributed by atoms with Crippen molar-refractivity contribution in [1.82, 2.24) is 10.2 Å². The summed E-state index contributed by atoms with van der Waals surface area (Å²) in [7, 11) is 0. The van der Waals surface area contributed by atoms with Crippen molar-refractivity contribution in [2.24, 2.45) is 0 Å². The lowest BCUT2D eigenvalue weighted by molar-refractivity contribution is -0.138. The van der Waals surface area contributed by atoms with Gasteiger partial charge in [0, 0.05) is 22.3 Å². The predicted octanol–water partition coefficient (Wildman–Crippen LogP) is 2.71. The number of carboxylic acid groups (broad SMARTS) is 1. The van der Waals surface area contributed by atoms with Gasteiger partial charge in [0.05, 0.1) is 5.37 Å². The van der Waals surface area contributed by atoms with Crippen LogP contribution in [0.15, 0.2) is 22.7 Å². The standard InChI is InChI=1S/C16H21BrN2O3S/c17-11-3-4-14(22-8-7-19-5-1-2-6-19)12(9-11)15-18-13(10-23-15)16(20)21/h3-4,9,13,15,18H,1-2,5-8,10H2,(H,20,21). The molecule has 2 N–H and O–H groups in total. The highest BCUT2D eigenvalue weighted by atomic mass is 79.9. The third-order valence-electron chi connectivity index (χ3n) is 4.20. The summed E-state index contributed by atoms with van der Waals surface area (Å²) >= 11 is 5.10. The fraction of sp³-hybridized carbons (Fsp3) is 0.562. The Morgan fingerprint density at radius 3 is 2.91 bits per heavy atom. The lowest BCUT2D eigenvalue weighted by atomic mass is 10.2. The van der Waals surface area contributed by atoms with Crippen molar-refractivity contribution < 1.29 is 14.6 Å². The maximum atomic E-state index is 11.1. The van der Waals surface area contributed by atoms with Gasteiger partial charge >= 0.3 is 5.97 Å². The number of hydrogen-bond donors (Lipinski definition) is 2. The SMILES string of the molecule is O=C(O)C1CSC(c2cc(Br)ccc2OCCN2CCCC2)N1. The molecule has 0 bridgehead atoms. The van der Waals surface area contributed by atoms with E-state index < -0.39 is 12.0 Å². The second-order valence-corrected chi connectivity index (χ2v) is 7.90. The van der Waals surface area contributed by atoms with Crippen LogP contribution in [0.5, 0.6) is 5.75 Å². The number of nitrogens with one attached hydrogen (secondary N) is 1. The summed E-state index contributed by atoms with van der Waals surface area (Å²) in [4.78, 5) is 13.5. The van der Waals surface area contributed by atoms with E-state index in [0.29, 0.717) is 12.4 Å². The maximum Gasteiger partial charge on any atom is 0.321 e. The number of benzene rings is 1. The second kappa shape index (κ2) is 7.88. The molecular weight excluding hydrogens is 380 g/mol. The smallest absolute Gasteiger partial charge is 0.321 e. The Hall–Kier alpha value is -0.760. The van der Waals surface area contributed by atoms with Gasteiger partial charge in [0.2, 0.25) is 0 Å². The molecule has 0 aromatic heterocycles. The molecule has 2 heterocycles. The molecule has 5 nitrogen and oxygen atoms in total. The number of carbonyl (C=O) groups is 1. The molecule has 126 valence electrons. The highest BCUT2D eigenvalue weighted by molar-refractivity contribution is 9.10. The molecule has 2 fully saturated rings. The van der Waals surface area contributed by atoms with Crippen LogP contribution < -0.4 is 10.1 Å². The Balaban J connectivity index is 1.64. The van der Waals surface area contributed by atoms with E-state index in [1.54, 1.807) is 11.8 Å². The number of nitrogens with zero attached hydrogens (tertiary/aromatic N) is 1. The van der Waals surface area contributed by atoms with Crippen LogP contribution in [0.25, 0.3) is 0 Å². The molecule has 2 atom stereocenters. The van der Waals surface area contributed by atoms with Crippen LogP contribution >= 0.6 is 27.7 Å². The van der Waals surface area contributed by atoms with Crippen molar-refractivity contribution in [3.63, 3.8) is 0 Å². The summed E-state index contributed by atoms with van der Waals surface area (Å²) in [5.74, 6) is 0.606. The Labute approximate surface area is 148 Å². The molecular formula is C16H21BrN2O3S. The summed E-state index contributed by atoms with van der Waals surface area (Å²) in [5, 5.41) is 12.3. The number of hydrogen-bond acceptors (Lipinski definition) is 5. The van der Waals surface area contributed by atoms with Gasteiger partial charge in [0.15, 0.2) is 0 Å². The van der Waals surface area contributed by atoms with Gasteiger partial charge in [-0.1, -0.05) is 15.9 Å². The number of ether oxygens (including phenoxy) is 1. The summed E-state index contributed by atoms with van der Waals surface area (Å²) < 4.78 is 6.97. The number of halogens is 1. The van der Waals surface area contributed by atoms with E-state index in [1.807, 2.05) is 18.2 Å². The average molecular weight is 401 g/mol. The number of thioether (sulfide) groups is 1. The Morgan fingerprint density at radius 2 is 2.22 bits per heavy atom. The van der Waals surface area contributed by atoms with Crippen LogP contribution in [0.1, 0.15) is 23.8 Å². The summed E-state index contributed by atoms with van der Waals surface area (Å²) in [6.45, 7) is 3.93. The normalized spacial score (nSPS) is 24.9. The first kappa shape index (κ1) is 17.1. The molecule has 0 saturated carbocycles. The van der Waals surface area contributed by atoms with E-state index in [9.17, 15) is 4.79 Å². The van der Waals surface area contributed by atoms with Crippen molar-refractivity contribution in [1.29, 1.82) is 0 Å². The van der Waals surface area contributed by atoms with E-state index in [2.05, 4.69) is 26.1 Å². The maximum absolute atomic E-state index is 11.1. The minimum absolute atomic E-state index is 0.0459. The molecule has 2 unspecified atom stereocenters. The van der Waals surface area contributed by atoms with Crippen LogP contribution in [0.4, 0.5) is 0 Å². The van der Waals surface area contributed by atoms with Gasteiger partial charge < -0.3 is 9.84 Å². The Kier molecular flexibility index (Phi) is 5.85. The van der Waals surface area contributed by atoms with Crippen LogP contribution in [0.3, 0.4) is 0 Å². The minimum Gasteiger partial charge on any atom is -0.492 e. The first-order valence-corrected chi connectivity index (χ1v) is 9.73. The van der Waals surface area contributed by atoms with E-state index in [0.717, 1.165) is 35.4 Å². The molecule has 0 spiro atoms. The van der Waals surface area contributed by atoms with Crippen molar-refractivity contribution in [3.05, 3.63) is 28.2 Å². The van der Waals surface area contributed by atoms with Crippen LogP contribution in [-0.2, 0) is 4.79 Å². The molecule has 2 aliphatic rings. The molecule has 7 heteroatoms. The van der Waals surface area contributed by atoms with Gasteiger partial charge in [-0.3, -0.25) is 15.0 Å². The largest absolute Gasteiger partial charge is 0.492 e. The summed E-state index contributed by atoms with van der Waals surface area (Å²) in [6, 6.07) is 5.43. The van der Waals surface area contributed by atoms with Gasteiger partial charge in [-0.05, 0) is 44.1 Å². The lowest BCUT2D eigenvalue weighted by Crippen LogP contribution is -2.33. The third-order valence-corrected chi connectivity index (χ3v) is 5.94. The van der Waals surface area contributed by atoms with E-state index in [-0.39, 0.29) is 5.37 Å². The molecule has 23 heavy (non-hydrogen) atoms. The van der Waals surface area contributed by atoms with Gasteiger partial charge in [-0.2, -0.15) is 0 Å². The molecule has 2 saturated heterocycles. The molecule has 3 rings (SSSR count). The second-order valence-electron chi connectivity index (χ2n) is 5.85. The Morgan fingerprint density at radius 1 is 1.43 bits per heavy atom. The highest BCUT2D eigenvalue weighted by Gasteiger charge is 2.32. The van der Waals surface area contributed by atoms with Crippen molar-refractivity contribution in [3.8, 4) is 5.75 Å². The van der Waals surface area contributed by atoms with Crippen LogP contribution in [-0.4, -0.2) is 54.0 Å². The van der Waals surface area contributed by atoms with Gasteiger partial charge in [-0.25, -0.2) is 0 Å². The van der Waals surface area contributed by atoms with Gasteiger partial charge in [0.25, 0.3) is 0 Å². The lowest BCUT2D eigenvalue weighted by Gasteiger charge is -2.19. The van der Waals surface area contributed by atoms with Gasteiger partial charge in [0.1, 0.15) is 18.4 Å². The molecule has 1 aromatic rings. The van der Waals surface area contributed by atoms with Gasteiger partial charge in [-0.15, -0.1) is 11.8 Å². The summed E-state index contributed by atoms with van der Waals surface area (Å²) in [5.41, 5.74) is 1.01. The van der Waals surface area contributed by atoms with E-state index in [4.69, 9.17) is 9.84 Å². The number of likely N-dealkylation sites (tertiary alicyclic amines) is 1. The first-order valence-electron chi connectivity index (χ1n) is 7.88. The van der Waals surface area contributed by atoms with Crippen LogP contribution in [0, 0.1) is 0 Å². The number of carboxylic acids is 1. The predicted molar refractivity (Wildman–Crippen MR) is 95.1 cm³/mol. The fourth-order valence-electron chi connectivity index (χ4n) is 2.94. The van der Waals surface area contributed by atoms with E-state index >= 15 is 0 Å². The topological polar surface area (TPSA) is 61.8 Å². The minimum atomic E-state index is -0.800. The molecule has 0 aliphatic carbocycles. The third kappa shape index (κ3) is 4.41. The van der Waals surface area contributed by atoms with Crippen molar-refractivity contribution in [2.75, 3.05) is 32.0 Å². The van der Waals surface area contributed by atoms with E-state index in [1.165, 1.54) is 12.8 Å². The first-order chi connectivity index (χ1) is 11.1. The zero-order chi connectivity index (χ0) is 16.2. The number of rotatable bonds is 6. The quantitative estimate of drug-likeness (QED) is 0.765.